The number of carbonyl (C=O) groups is 3. The van der Waals surface area contributed by atoms with E-state index >= 15 is 0 Å². The molecule has 0 bridgehead atoms. The van der Waals surface area contributed by atoms with Gasteiger partial charge >= 0.3 is 5.97 Å². The lowest BCUT2D eigenvalue weighted by Crippen LogP contribution is -2.43. The topological polar surface area (TPSA) is 81.2 Å². The van der Waals surface area contributed by atoms with Gasteiger partial charge in [0.05, 0.1) is 11.6 Å². The lowest BCUT2D eigenvalue weighted by molar-refractivity contribution is -0.146. The van der Waals surface area contributed by atoms with Crippen molar-refractivity contribution in [3.8, 4) is 0 Å². The van der Waals surface area contributed by atoms with Crippen LogP contribution in [0.5, 0.6) is 0 Å². The molecule has 1 atom stereocenters. The minimum Gasteiger partial charge on any atom is -0.480 e. The fourth-order valence-electron chi connectivity index (χ4n) is 2.82. The van der Waals surface area contributed by atoms with Crippen LogP contribution >= 0.6 is 0 Å². The molecule has 0 unspecified atom stereocenters. The number of carbonyl (C=O) groups excluding carboxylic acids is 2. The predicted molar refractivity (Wildman–Crippen MR) is 89.6 cm³/mol. The average Bonchev–Trinajstić information content (AvgIpc) is 2.92. The van der Waals surface area contributed by atoms with E-state index in [-0.39, 0.29) is 25.2 Å². The number of amides is 2. The van der Waals surface area contributed by atoms with Gasteiger partial charge in [-0.3, -0.25) is 14.4 Å². The number of benzene rings is 1. The Balaban J connectivity index is 2.13. The van der Waals surface area contributed by atoms with Crippen LogP contribution in [0.15, 0.2) is 18.2 Å². The third-order valence-corrected chi connectivity index (χ3v) is 4.13. The van der Waals surface area contributed by atoms with Crippen LogP contribution in [-0.4, -0.2) is 73.0 Å². The van der Waals surface area contributed by atoms with Crippen LogP contribution in [0.2, 0.25) is 0 Å². The minimum absolute atomic E-state index is 0.0711. The molecule has 1 aromatic rings. The van der Waals surface area contributed by atoms with Crippen molar-refractivity contribution in [3.63, 3.8) is 0 Å². The fraction of sp³-hybridized carbons (Fsp3) is 0.471. The summed E-state index contributed by atoms with van der Waals surface area (Å²) in [6.45, 7) is 0.129. The first kappa shape index (κ1) is 19.8. The number of carboxylic acids is 1. The van der Waals surface area contributed by atoms with Gasteiger partial charge in [0, 0.05) is 32.1 Å². The second kappa shape index (κ2) is 8.22. The first-order chi connectivity index (χ1) is 12.2. The molecule has 1 aliphatic rings. The largest absolute Gasteiger partial charge is 0.480 e. The molecular formula is C17H21F2N3O4. The van der Waals surface area contributed by atoms with E-state index in [2.05, 4.69) is 0 Å². The molecule has 1 saturated heterocycles. The number of rotatable bonds is 7. The van der Waals surface area contributed by atoms with Crippen molar-refractivity contribution in [1.29, 1.82) is 0 Å². The van der Waals surface area contributed by atoms with Crippen LogP contribution in [0.3, 0.4) is 0 Å². The Morgan fingerprint density at radius 1 is 1.27 bits per heavy atom. The lowest BCUT2D eigenvalue weighted by atomic mass is 10.1. The highest BCUT2D eigenvalue weighted by atomic mass is 19.1. The van der Waals surface area contributed by atoms with Gasteiger partial charge in [0.1, 0.15) is 18.2 Å². The highest BCUT2D eigenvalue weighted by molar-refractivity contribution is 6.00. The molecule has 0 spiro atoms. The maximum Gasteiger partial charge on any atom is 0.323 e. The van der Waals surface area contributed by atoms with E-state index in [1.165, 1.54) is 4.90 Å². The van der Waals surface area contributed by atoms with Crippen molar-refractivity contribution >= 4 is 23.5 Å². The van der Waals surface area contributed by atoms with E-state index < -0.39 is 41.9 Å². The van der Waals surface area contributed by atoms with Gasteiger partial charge in [0.25, 0.3) is 0 Å². The number of likely N-dealkylation sites (N-methyl/N-ethyl adjacent to an activating group) is 1. The maximum absolute atomic E-state index is 13.9. The molecule has 0 saturated carbocycles. The Bertz CT molecular complexity index is 711. The van der Waals surface area contributed by atoms with Crippen molar-refractivity contribution in [2.45, 2.75) is 6.42 Å². The van der Waals surface area contributed by atoms with Gasteiger partial charge in [0.2, 0.25) is 11.8 Å². The molecule has 1 heterocycles. The van der Waals surface area contributed by atoms with E-state index in [4.69, 9.17) is 5.11 Å². The maximum atomic E-state index is 13.9. The summed E-state index contributed by atoms with van der Waals surface area (Å²) >= 11 is 0. The number of anilines is 1. The van der Waals surface area contributed by atoms with Crippen molar-refractivity contribution in [2.75, 3.05) is 45.2 Å². The number of halogens is 2. The number of hydrogen-bond donors (Lipinski definition) is 1. The summed E-state index contributed by atoms with van der Waals surface area (Å²) in [5.74, 6) is -4.50. The molecule has 7 nitrogen and oxygen atoms in total. The van der Waals surface area contributed by atoms with Crippen molar-refractivity contribution < 1.29 is 28.3 Å². The molecule has 2 rings (SSSR count). The SMILES string of the molecule is CN(C)CCN(CC(=O)O)C(=O)[C@H]1CC(=O)N(c2ccc(F)cc2F)C1. The number of hydrogen-bond acceptors (Lipinski definition) is 4. The zero-order chi connectivity index (χ0) is 19.4. The van der Waals surface area contributed by atoms with Crippen LogP contribution in [0.4, 0.5) is 14.5 Å². The number of aliphatic carboxylic acids is 1. The molecule has 1 aliphatic heterocycles. The summed E-state index contributed by atoms with van der Waals surface area (Å²) in [5, 5.41) is 9.02. The van der Waals surface area contributed by atoms with Crippen molar-refractivity contribution in [1.82, 2.24) is 9.80 Å². The van der Waals surface area contributed by atoms with Gasteiger partial charge in [0.15, 0.2) is 0 Å². The molecule has 26 heavy (non-hydrogen) atoms. The van der Waals surface area contributed by atoms with Crippen LogP contribution in [0.25, 0.3) is 0 Å². The first-order valence-corrected chi connectivity index (χ1v) is 8.09. The third kappa shape index (κ3) is 4.75. The van der Waals surface area contributed by atoms with Gasteiger partial charge in [-0.2, -0.15) is 0 Å². The van der Waals surface area contributed by atoms with E-state index in [1.807, 2.05) is 4.90 Å². The van der Waals surface area contributed by atoms with Crippen molar-refractivity contribution in [2.24, 2.45) is 5.92 Å². The Kier molecular flexibility index (Phi) is 6.25. The average molecular weight is 369 g/mol. The predicted octanol–water partition coefficient (Wildman–Crippen LogP) is 0.793. The Hall–Kier alpha value is -2.55. The monoisotopic (exact) mass is 369 g/mol. The molecule has 2 amide bonds. The highest BCUT2D eigenvalue weighted by Gasteiger charge is 2.38. The van der Waals surface area contributed by atoms with Crippen LogP contribution < -0.4 is 4.90 Å². The molecule has 9 heteroatoms. The zero-order valence-corrected chi connectivity index (χ0v) is 14.6. The second-order valence-electron chi connectivity index (χ2n) is 6.46. The molecule has 0 aromatic heterocycles. The van der Waals surface area contributed by atoms with E-state index in [0.717, 1.165) is 17.0 Å². The van der Waals surface area contributed by atoms with Gasteiger partial charge in [-0.15, -0.1) is 0 Å². The number of nitrogens with zero attached hydrogens (tertiary/aromatic N) is 3. The zero-order valence-electron chi connectivity index (χ0n) is 14.6. The standard InChI is InChI=1S/C17H21F2N3O4/c1-20(2)5-6-21(10-16(24)25)17(26)11-7-15(23)22(9-11)14-4-3-12(18)8-13(14)19/h3-4,8,11H,5-7,9-10H2,1-2H3,(H,24,25)/t11-/m0/s1. The van der Waals surface area contributed by atoms with E-state index in [1.54, 1.807) is 14.1 Å². The van der Waals surface area contributed by atoms with Gasteiger partial charge in [-0.25, -0.2) is 8.78 Å². The summed E-state index contributed by atoms with van der Waals surface area (Å²) in [5.41, 5.74) is -0.0928. The van der Waals surface area contributed by atoms with Gasteiger partial charge in [-0.1, -0.05) is 0 Å². The molecule has 1 fully saturated rings. The Morgan fingerprint density at radius 3 is 2.54 bits per heavy atom. The summed E-state index contributed by atoms with van der Waals surface area (Å²) in [6.07, 6.45) is -0.145. The Morgan fingerprint density at radius 2 is 1.96 bits per heavy atom. The quantitative estimate of drug-likeness (QED) is 0.769. The Labute approximate surface area is 149 Å². The third-order valence-electron chi connectivity index (χ3n) is 4.13. The molecule has 142 valence electrons. The normalized spacial score (nSPS) is 17.0. The molecular weight excluding hydrogens is 348 g/mol. The van der Waals surface area contributed by atoms with Crippen LogP contribution in [0.1, 0.15) is 6.42 Å². The van der Waals surface area contributed by atoms with Crippen LogP contribution in [0, 0.1) is 17.6 Å². The number of carboxylic acid groups (broad SMARTS) is 1. The smallest absolute Gasteiger partial charge is 0.323 e. The summed E-state index contributed by atoms with van der Waals surface area (Å²) in [6, 6.07) is 2.86. The van der Waals surface area contributed by atoms with Crippen LogP contribution in [-0.2, 0) is 14.4 Å². The van der Waals surface area contributed by atoms with Crippen molar-refractivity contribution in [3.05, 3.63) is 29.8 Å². The molecule has 0 aliphatic carbocycles. The summed E-state index contributed by atoms with van der Waals surface area (Å²) in [4.78, 5) is 40.0. The van der Waals surface area contributed by atoms with E-state index in [0.29, 0.717) is 12.6 Å². The molecule has 0 radical (unpaired) electrons. The minimum atomic E-state index is -1.15. The fourth-order valence-corrected chi connectivity index (χ4v) is 2.82. The summed E-state index contributed by atoms with van der Waals surface area (Å²) < 4.78 is 27.0. The molecule has 1 N–H and O–H groups in total. The summed E-state index contributed by atoms with van der Waals surface area (Å²) in [7, 11) is 3.59. The molecule has 1 aromatic carbocycles. The lowest BCUT2D eigenvalue weighted by Gasteiger charge is -2.25. The first-order valence-electron chi connectivity index (χ1n) is 8.09. The second-order valence-corrected chi connectivity index (χ2v) is 6.46. The van der Waals surface area contributed by atoms with E-state index in [9.17, 15) is 23.2 Å². The highest BCUT2D eigenvalue weighted by Crippen LogP contribution is 2.28. The van der Waals surface area contributed by atoms with Gasteiger partial charge < -0.3 is 19.8 Å². The van der Waals surface area contributed by atoms with Gasteiger partial charge in [-0.05, 0) is 26.2 Å².